The highest BCUT2D eigenvalue weighted by Gasteiger charge is 2.28. The van der Waals surface area contributed by atoms with Gasteiger partial charge in [-0.25, -0.2) is 0 Å². The minimum absolute atomic E-state index is 0.126. The molecule has 0 fully saturated rings. The zero-order valence-corrected chi connectivity index (χ0v) is 14.7. The molecule has 3 aromatic rings. The number of rotatable bonds is 4. The first-order valence-electron chi connectivity index (χ1n) is 8.43. The Morgan fingerprint density at radius 2 is 1.00 bits per heavy atom. The Bertz CT molecular complexity index is 1080. The number of nitrogens with one attached hydrogen (secondary N) is 3. The lowest BCUT2D eigenvalue weighted by Crippen LogP contribution is -2.19. The largest absolute Gasteiger partial charge is 0.508 e. The molecule has 7 N–H and O–H groups in total. The summed E-state index contributed by atoms with van der Waals surface area (Å²) in [7, 11) is 0. The maximum atomic E-state index is 12.0. The molecule has 0 bridgehead atoms. The molecule has 0 unspecified atom stereocenters. The van der Waals surface area contributed by atoms with Crippen LogP contribution in [-0.2, 0) is 0 Å². The Hall–Kier alpha value is -4.40. The van der Waals surface area contributed by atoms with E-state index >= 15 is 0 Å². The first kappa shape index (κ1) is 18.0. The van der Waals surface area contributed by atoms with Gasteiger partial charge in [0.25, 0.3) is 11.8 Å². The highest BCUT2D eigenvalue weighted by Crippen LogP contribution is 2.38. The van der Waals surface area contributed by atoms with E-state index in [0.29, 0.717) is 11.4 Å². The summed E-state index contributed by atoms with van der Waals surface area (Å²) in [5.41, 5.74) is 1.42. The van der Waals surface area contributed by atoms with Gasteiger partial charge in [-0.2, -0.15) is 0 Å². The molecule has 4 rings (SSSR count). The van der Waals surface area contributed by atoms with Gasteiger partial charge in [-0.15, -0.1) is 0 Å². The molecule has 0 saturated carbocycles. The summed E-state index contributed by atoms with van der Waals surface area (Å²) in [4.78, 5) is 24.0. The Balaban J connectivity index is 1.80. The summed E-state index contributed by atoms with van der Waals surface area (Å²) in [5.74, 6) is -1.82. The summed E-state index contributed by atoms with van der Waals surface area (Å²) in [6.07, 6.45) is 0. The minimum atomic E-state index is -0.554. The van der Waals surface area contributed by atoms with E-state index in [2.05, 4.69) is 16.0 Å². The second-order valence-corrected chi connectivity index (χ2v) is 6.38. The molecule has 0 atom stereocenters. The molecule has 0 radical (unpaired) electrons. The van der Waals surface area contributed by atoms with E-state index in [4.69, 9.17) is 0 Å². The number of imide groups is 1. The van der Waals surface area contributed by atoms with Crippen LogP contribution in [0.3, 0.4) is 0 Å². The van der Waals surface area contributed by atoms with Crippen LogP contribution in [0.15, 0.2) is 48.5 Å². The summed E-state index contributed by atoms with van der Waals surface area (Å²) < 4.78 is 0. The molecule has 9 nitrogen and oxygen atoms in total. The van der Waals surface area contributed by atoms with Crippen molar-refractivity contribution in [3.05, 3.63) is 59.7 Å². The van der Waals surface area contributed by atoms with Crippen LogP contribution < -0.4 is 16.0 Å². The van der Waals surface area contributed by atoms with E-state index in [1.807, 2.05) is 0 Å². The standard InChI is InChI=1S/C20H15N3O6/c24-9-1-3-13(17(26)5-9)21-15-7-11-12(20(29)23-19(11)28)8-16(15)22-14-4-2-10(25)6-18(14)27/h1-8,21-22,24-27H,(H,23,28,29). The van der Waals surface area contributed by atoms with Crippen molar-refractivity contribution in [2.45, 2.75) is 0 Å². The normalized spacial score (nSPS) is 12.4. The summed E-state index contributed by atoms with van der Waals surface area (Å²) in [6, 6.07) is 10.8. The zero-order valence-electron chi connectivity index (χ0n) is 14.7. The average molecular weight is 393 g/mol. The van der Waals surface area contributed by atoms with Crippen LogP contribution in [0.4, 0.5) is 22.7 Å². The molecule has 1 aliphatic heterocycles. The van der Waals surface area contributed by atoms with Crippen molar-refractivity contribution in [1.82, 2.24) is 5.32 Å². The lowest BCUT2D eigenvalue weighted by Gasteiger charge is -2.17. The van der Waals surface area contributed by atoms with Crippen molar-refractivity contribution in [2.75, 3.05) is 10.6 Å². The fourth-order valence-electron chi connectivity index (χ4n) is 2.96. The molecule has 2 amide bonds. The number of benzene rings is 3. The molecular weight excluding hydrogens is 378 g/mol. The molecular formula is C20H15N3O6. The Labute approximate surface area is 163 Å². The number of anilines is 4. The average Bonchev–Trinajstić information content (AvgIpc) is 2.93. The number of carbonyl (C=O) groups excluding carboxylic acids is 2. The van der Waals surface area contributed by atoms with Crippen molar-refractivity contribution in [1.29, 1.82) is 0 Å². The van der Waals surface area contributed by atoms with Crippen LogP contribution in [0.1, 0.15) is 20.7 Å². The fourth-order valence-corrected chi connectivity index (χ4v) is 2.96. The van der Waals surface area contributed by atoms with Crippen LogP contribution in [0, 0.1) is 0 Å². The molecule has 1 aliphatic rings. The number of hydrogen-bond acceptors (Lipinski definition) is 8. The second kappa shape index (κ2) is 6.64. The zero-order chi connectivity index (χ0) is 20.7. The Kier molecular flexibility index (Phi) is 4.12. The van der Waals surface area contributed by atoms with Gasteiger partial charge in [-0.1, -0.05) is 0 Å². The van der Waals surface area contributed by atoms with Gasteiger partial charge >= 0.3 is 0 Å². The van der Waals surface area contributed by atoms with Crippen molar-refractivity contribution in [3.63, 3.8) is 0 Å². The van der Waals surface area contributed by atoms with E-state index in [1.54, 1.807) is 0 Å². The van der Waals surface area contributed by atoms with Gasteiger partial charge in [0.15, 0.2) is 0 Å². The predicted octanol–water partition coefficient (Wildman–Crippen LogP) is 2.88. The van der Waals surface area contributed by atoms with E-state index < -0.39 is 11.8 Å². The Morgan fingerprint density at radius 3 is 1.38 bits per heavy atom. The van der Waals surface area contributed by atoms with E-state index in [0.717, 1.165) is 12.1 Å². The molecule has 0 aliphatic carbocycles. The van der Waals surface area contributed by atoms with Gasteiger partial charge in [0.1, 0.15) is 23.0 Å². The van der Waals surface area contributed by atoms with Crippen molar-refractivity contribution >= 4 is 34.6 Å². The quantitative estimate of drug-likeness (QED) is 0.203. The van der Waals surface area contributed by atoms with Gasteiger partial charge in [0.05, 0.1) is 33.9 Å². The number of aromatic hydroxyl groups is 4. The number of hydrogen-bond donors (Lipinski definition) is 7. The molecule has 29 heavy (non-hydrogen) atoms. The van der Waals surface area contributed by atoms with E-state index in [1.165, 1.54) is 36.4 Å². The SMILES string of the molecule is O=C1NC(=O)c2cc(Nc3ccc(O)cc3O)c(Nc3ccc(O)cc3O)cc21. The monoisotopic (exact) mass is 393 g/mol. The third-order valence-corrected chi connectivity index (χ3v) is 4.38. The molecule has 1 heterocycles. The van der Waals surface area contributed by atoms with E-state index in [9.17, 15) is 30.0 Å². The van der Waals surface area contributed by atoms with Crippen LogP contribution in [0.2, 0.25) is 0 Å². The van der Waals surface area contributed by atoms with Crippen LogP contribution in [-0.4, -0.2) is 32.2 Å². The number of carbonyl (C=O) groups is 2. The maximum absolute atomic E-state index is 12.0. The van der Waals surface area contributed by atoms with E-state index in [-0.39, 0.29) is 45.5 Å². The number of phenols is 4. The lowest BCUT2D eigenvalue weighted by molar-refractivity contribution is 0.0879. The van der Waals surface area contributed by atoms with Gasteiger partial charge in [0, 0.05) is 12.1 Å². The lowest BCUT2D eigenvalue weighted by atomic mass is 10.1. The topological polar surface area (TPSA) is 151 Å². The molecule has 0 saturated heterocycles. The minimum Gasteiger partial charge on any atom is -0.508 e. The van der Waals surface area contributed by atoms with Gasteiger partial charge < -0.3 is 31.1 Å². The van der Waals surface area contributed by atoms with Crippen LogP contribution >= 0.6 is 0 Å². The van der Waals surface area contributed by atoms with Gasteiger partial charge in [-0.05, 0) is 36.4 Å². The predicted molar refractivity (Wildman–Crippen MR) is 104 cm³/mol. The smallest absolute Gasteiger partial charge is 0.259 e. The maximum Gasteiger partial charge on any atom is 0.259 e. The van der Waals surface area contributed by atoms with Crippen molar-refractivity contribution in [3.8, 4) is 23.0 Å². The highest BCUT2D eigenvalue weighted by atomic mass is 16.3. The molecule has 0 aromatic heterocycles. The van der Waals surface area contributed by atoms with Crippen molar-refractivity contribution < 1.29 is 30.0 Å². The van der Waals surface area contributed by atoms with Crippen molar-refractivity contribution in [2.24, 2.45) is 0 Å². The number of amides is 2. The number of fused-ring (bicyclic) bond motifs is 1. The van der Waals surface area contributed by atoms with Crippen LogP contribution in [0.25, 0.3) is 0 Å². The number of phenolic OH excluding ortho intramolecular Hbond substituents is 4. The molecule has 146 valence electrons. The first-order valence-corrected chi connectivity index (χ1v) is 8.43. The highest BCUT2D eigenvalue weighted by molar-refractivity contribution is 6.22. The Morgan fingerprint density at radius 1 is 0.586 bits per heavy atom. The summed E-state index contributed by atoms with van der Waals surface area (Å²) in [6.45, 7) is 0. The second-order valence-electron chi connectivity index (χ2n) is 6.38. The third-order valence-electron chi connectivity index (χ3n) is 4.38. The summed E-state index contributed by atoms with van der Waals surface area (Å²) in [5, 5.41) is 47.1. The summed E-state index contributed by atoms with van der Waals surface area (Å²) >= 11 is 0. The first-order chi connectivity index (χ1) is 13.8. The molecule has 0 spiro atoms. The fraction of sp³-hybridized carbons (Fsp3) is 0. The molecule has 9 heteroatoms. The van der Waals surface area contributed by atoms with Gasteiger partial charge in [0.2, 0.25) is 0 Å². The molecule has 3 aromatic carbocycles. The van der Waals surface area contributed by atoms with Gasteiger partial charge in [-0.3, -0.25) is 14.9 Å². The van der Waals surface area contributed by atoms with Crippen LogP contribution in [0.5, 0.6) is 23.0 Å². The third kappa shape index (κ3) is 3.32.